The number of nitrogens with zero attached hydrogens (tertiary/aromatic N) is 1. The smallest absolute Gasteiger partial charge is 0.0794 e. The zero-order chi connectivity index (χ0) is 14.8. The maximum atomic E-state index is 4.90. The lowest BCUT2D eigenvalue weighted by Gasteiger charge is -2.05. The first-order chi connectivity index (χ1) is 10.9. The molecule has 0 spiro atoms. The molecule has 0 saturated carbocycles. The minimum atomic E-state index is 1.03. The van der Waals surface area contributed by atoms with Crippen LogP contribution in [0.15, 0.2) is 91.0 Å². The summed E-state index contributed by atoms with van der Waals surface area (Å²) >= 11 is 0. The molecule has 1 aliphatic heterocycles. The maximum Gasteiger partial charge on any atom is 0.0794 e. The molecule has 0 unspecified atom stereocenters. The molecule has 104 valence electrons. The predicted octanol–water partition coefficient (Wildman–Crippen LogP) is 5.52. The van der Waals surface area contributed by atoms with E-state index in [2.05, 4.69) is 66.7 Å². The van der Waals surface area contributed by atoms with Crippen molar-refractivity contribution < 1.29 is 0 Å². The molecular weight excluding hydrogens is 266 g/mol. The second-order valence-corrected chi connectivity index (χ2v) is 5.28. The van der Waals surface area contributed by atoms with Crippen LogP contribution in [0.25, 0.3) is 33.6 Å². The van der Waals surface area contributed by atoms with E-state index in [1.54, 1.807) is 0 Å². The van der Waals surface area contributed by atoms with Gasteiger partial charge in [0, 0.05) is 16.7 Å². The van der Waals surface area contributed by atoms with Gasteiger partial charge in [-0.3, -0.25) is 0 Å². The molecule has 0 fully saturated rings. The Hall–Kier alpha value is -2.93. The van der Waals surface area contributed by atoms with Crippen molar-refractivity contribution in [1.29, 1.82) is 0 Å². The van der Waals surface area contributed by atoms with Crippen molar-refractivity contribution in [2.24, 2.45) is 0 Å². The van der Waals surface area contributed by atoms with Crippen molar-refractivity contribution in [1.82, 2.24) is 4.98 Å². The van der Waals surface area contributed by atoms with Crippen LogP contribution in [0.2, 0.25) is 0 Å². The molecule has 0 amide bonds. The maximum absolute atomic E-state index is 4.90. The highest BCUT2D eigenvalue weighted by molar-refractivity contribution is 5.94. The van der Waals surface area contributed by atoms with Crippen LogP contribution in [0.1, 0.15) is 0 Å². The number of benzene rings is 2. The van der Waals surface area contributed by atoms with Crippen molar-refractivity contribution in [2.45, 2.75) is 0 Å². The standard InChI is InChI=1S/C21H15N/c1-4-10-16(11-5-1)20-18-14-8-3-9-15-19(18)22-21(20)17-12-6-2-7-13-17/h1-15H. The Kier molecular flexibility index (Phi) is 3.17. The first-order valence-electron chi connectivity index (χ1n) is 7.43. The van der Waals surface area contributed by atoms with Gasteiger partial charge in [-0.15, -0.1) is 0 Å². The van der Waals surface area contributed by atoms with Crippen LogP contribution in [0.3, 0.4) is 0 Å². The van der Waals surface area contributed by atoms with E-state index >= 15 is 0 Å². The molecule has 0 radical (unpaired) electrons. The van der Waals surface area contributed by atoms with E-state index in [0.717, 1.165) is 17.0 Å². The molecule has 0 aromatic heterocycles. The minimum Gasteiger partial charge on any atom is -0.247 e. The Labute approximate surface area is 130 Å². The van der Waals surface area contributed by atoms with Crippen LogP contribution in [-0.2, 0) is 0 Å². The third-order valence-corrected chi connectivity index (χ3v) is 3.86. The molecule has 4 rings (SSSR count). The molecule has 2 aromatic rings. The molecule has 0 N–H and O–H groups in total. The third-order valence-electron chi connectivity index (χ3n) is 3.86. The zero-order valence-corrected chi connectivity index (χ0v) is 12.1. The minimum absolute atomic E-state index is 1.03. The second kappa shape index (κ2) is 5.45. The van der Waals surface area contributed by atoms with Gasteiger partial charge >= 0.3 is 0 Å². The molecule has 0 atom stereocenters. The summed E-state index contributed by atoms with van der Waals surface area (Å²) in [5.41, 5.74) is 6.83. The highest BCUT2D eigenvalue weighted by Crippen LogP contribution is 2.41. The van der Waals surface area contributed by atoms with Crippen molar-refractivity contribution in [3.05, 3.63) is 91.0 Å². The third kappa shape index (κ3) is 2.17. The fraction of sp³-hybridized carbons (Fsp3) is 0. The summed E-state index contributed by atoms with van der Waals surface area (Å²) in [5.74, 6) is 0. The number of aromatic nitrogens is 1. The van der Waals surface area contributed by atoms with E-state index in [0.29, 0.717) is 0 Å². The lowest BCUT2D eigenvalue weighted by Crippen LogP contribution is -1.82. The van der Waals surface area contributed by atoms with E-state index in [4.69, 9.17) is 4.98 Å². The Balaban J connectivity index is 2.06. The lowest BCUT2D eigenvalue weighted by molar-refractivity contribution is 1.40. The molecule has 0 saturated heterocycles. The molecule has 1 heterocycles. The highest BCUT2D eigenvalue weighted by atomic mass is 14.7. The van der Waals surface area contributed by atoms with Gasteiger partial charge in [-0.05, 0) is 11.6 Å². The van der Waals surface area contributed by atoms with Gasteiger partial charge in [0.1, 0.15) is 0 Å². The fourth-order valence-electron chi connectivity index (χ4n) is 2.85. The number of rotatable bonds is 2. The van der Waals surface area contributed by atoms with E-state index in [1.807, 2.05) is 24.3 Å². The van der Waals surface area contributed by atoms with E-state index in [-0.39, 0.29) is 0 Å². The molecule has 0 bridgehead atoms. The Morgan fingerprint density at radius 3 is 1.73 bits per heavy atom. The summed E-state index contributed by atoms with van der Waals surface area (Å²) in [6, 6.07) is 31.3. The highest BCUT2D eigenvalue weighted by Gasteiger charge is 2.19. The zero-order valence-electron chi connectivity index (χ0n) is 12.1. The summed E-state index contributed by atoms with van der Waals surface area (Å²) in [4.78, 5) is 4.90. The van der Waals surface area contributed by atoms with Gasteiger partial charge in [0.2, 0.25) is 0 Å². The molecule has 1 heteroatoms. The average molecular weight is 281 g/mol. The molecule has 1 aliphatic carbocycles. The Bertz CT molecular complexity index is 866. The number of hydrogen-bond donors (Lipinski definition) is 0. The van der Waals surface area contributed by atoms with Gasteiger partial charge in [-0.25, -0.2) is 4.98 Å². The topological polar surface area (TPSA) is 12.9 Å². The van der Waals surface area contributed by atoms with Gasteiger partial charge in [0.05, 0.1) is 11.4 Å². The normalized spacial score (nSPS) is 10.7. The van der Waals surface area contributed by atoms with Crippen LogP contribution >= 0.6 is 0 Å². The van der Waals surface area contributed by atoms with E-state index in [9.17, 15) is 0 Å². The monoisotopic (exact) mass is 281 g/mol. The molecular formula is C21H15N. The number of fused-ring (bicyclic) bond motifs is 1. The van der Waals surface area contributed by atoms with Gasteiger partial charge < -0.3 is 0 Å². The van der Waals surface area contributed by atoms with E-state index in [1.165, 1.54) is 16.7 Å². The van der Waals surface area contributed by atoms with Crippen molar-refractivity contribution in [2.75, 3.05) is 0 Å². The Morgan fingerprint density at radius 1 is 0.500 bits per heavy atom. The summed E-state index contributed by atoms with van der Waals surface area (Å²) in [6.45, 7) is 0. The molecule has 2 aliphatic rings. The van der Waals surface area contributed by atoms with Crippen LogP contribution in [-0.4, -0.2) is 4.98 Å². The van der Waals surface area contributed by atoms with Crippen molar-refractivity contribution >= 4 is 0 Å². The van der Waals surface area contributed by atoms with Crippen LogP contribution < -0.4 is 0 Å². The van der Waals surface area contributed by atoms with Crippen LogP contribution in [0.5, 0.6) is 0 Å². The average Bonchev–Trinajstić information content (AvgIpc) is 2.79. The van der Waals surface area contributed by atoms with Crippen LogP contribution in [0.4, 0.5) is 0 Å². The summed E-state index contributed by atoms with van der Waals surface area (Å²) in [7, 11) is 0. The quantitative estimate of drug-likeness (QED) is 0.471. The Morgan fingerprint density at radius 2 is 1.05 bits per heavy atom. The number of hydrogen-bond acceptors (Lipinski definition) is 1. The first-order valence-corrected chi connectivity index (χ1v) is 7.43. The summed E-state index contributed by atoms with van der Waals surface area (Å²) in [5, 5.41) is 0. The second-order valence-electron chi connectivity index (χ2n) is 5.28. The van der Waals surface area contributed by atoms with E-state index < -0.39 is 0 Å². The molecule has 2 aromatic carbocycles. The van der Waals surface area contributed by atoms with Crippen LogP contribution in [0, 0.1) is 0 Å². The van der Waals surface area contributed by atoms with Crippen molar-refractivity contribution in [3.63, 3.8) is 0 Å². The van der Waals surface area contributed by atoms with Gasteiger partial charge in [-0.2, -0.15) is 0 Å². The summed E-state index contributed by atoms with van der Waals surface area (Å²) in [6.07, 6.45) is 0. The van der Waals surface area contributed by atoms with Gasteiger partial charge in [0.15, 0.2) is 0 Å². The predicted molar refractivity (Wildman–Crippen MR) is 91.7 cm³/mol. The molecule has 22 heavy (non-hydrogen) atoms. The van der Waals surface area contributed by atoms with Gasteiger partial charge in [0.25, 0.3) is 0 Å². The van der Waals surface area contributed by atoms with Gasteiger partial charge in [-0.1, -0.05) is 84.9 Å². The SMILES string of the molecule is c1ccc(-c2nc3cccccc-3c2-c2ccccc2)cc1. The molecule has 1 nitrogen and oxygen atoms in total. The first kappa shape index (κ1) is 12.8. The lowest BCUT2D eigenvalue weighted by atomic mass is 9.97. The van der Waals surface area contributed by atoms with Crippen molar-refractivity contribution in [3.8, 4) is 33.6 Å². The largest absolute Gasteiger partial charge is 0.247 e. The summed E-state index contributed by atoms with van der Waals surface area (Å²) < 4.78 is 0. The fourth-order valence-corrected chi connectivity index (χ4v) is 2.85.